The number of unbranched alkanes of at least 4 members (excludes halogenated alkanes) is 3. The van der Waals surface area contributed by atoms with E-state index in [0.717, 1.165) is 32.1 Å². The normalized spacial score (nSPS) is 27.3. The van der Waals surface area contributed by atoms with Gasteiger partial charge < -0.3 is 14.6 Å². The smallest absolute Gasteiger partial charge is 0.345 e. The summed E-state index contributed by atoms with van der Waals surface area (Å²) in [7, 11) is 0. The molecule has 7 heteroatoms. The van der Waals surface area contributed by atoms with Crippen LogP contribution >= 0.6 is 0 Å². The zero-order valence-electron chi connectivity index (χ0n) is 17.0. The van der Waals surface area contributed by atoms with E-state index in [1.54, 1.807) is 0 Å². The molecule has 7 nitrogen and oxygen atoms in total. The van der Waals surface area contributed by atoms with Crippen LogP contribution in [0.1, 0.15) is 71.6 Å². The Labute approximate surface area is 170 Å². The summed E-state index contributed by atoms with van der Waals surface area (Å²) in [5.41, 5.74) is 0.726. The van der Waals surface area contributed by atoms with Crippen LogP contribution in [0.4, 0.5) is 0 Å². The quantitative estimate of drug-likeness (QED) is 0.395. The van der Waals surface area contributed by atoms with E-state index in [-0.39, 0.29) is 24.0 Å². The third kappa shape index (κ3) is 4.20. The highest BCUT2D eigenvalue weighted by Gasteiger charge is 2.46. The average Bonchev–Trinajstić information content (AvgIpc) is 3.12. The molecule has 0 aromatic rings. The number of aliphatic hydroxyl groups excluding tert-OH is 1. The Kier molecular flexibility index (Phi) is 6.67. The number of esters is 4. The molecule has 1 N–H and O–H groups in total. The van der Waals surface area contributed by atoms with Crippen LogP contribution in [0.5, 0.6) is 0 Å². The largest absolute Gasteiger partial charge is 0.388 e. The Bertz CT molecular complexity index is 789. The van der Waals surface area contributed by atoms with Crippen LogP contribution < -0.4 is 0 Å². The maximum Gasteiger partial charge on any atom is 0.345 e. The van der Waals surface area contributed by atoms with Gasteiger partial charge in [0.1, 0.15) is 0 Å². The van der Waals surface area contributed by atoms with Crippen LogP contribution in [0.15, 0.2) is 22.3 Å². The second kappa shape index (κ2) is 9.03. The second-order valence-corrected chi connectivity index (χ2v) is 8.09. The molecule has 0 fully saturated rings. The van der Waals surface area contributed by atoms with Crippen LogP contribution in [-0.2, 0) is 28.7 Å². The molecule has 1 aliphatic carbocycles. The molecule has 0 saturated carbocycles. The van der Waals surface area contributed by atoms with E-state index in [1.165, 1.54) is 0 Å². The highest BCUT2D eigenvalue weighted by Crippen LogP contribution is 2.42. The summed E-state index contributed by atoms with van der Waals surface area (Å²) in [4.78, 5) is 49.6. The van der Waals surface area contributed by atoms with Gasteiger partial charge in [0.15, 0.2) is 0 Å². The molecule has 0 spiro atoms. The topological polar surface area (TPSA) is 107 Å². The maximum atomic E-state index is 12.5. The number of carbonyl (C=O) groups is 4. The van der Waals surface area contributed by atoms with Gasteiger partial charge in [-0.15, -0.1) is 0 Å². The number of rotatable bonds is 7. The number of hydrogen-bond donors (Lipinski definition) is 1. The van der Waals surface area contributed by atoms with Crippen LogP contribution in [0.3, 0.4) is 0 Å². The molecule has 0 aromatic carbocycles. The average molecular weight is 404 g/mol. The minimum atomic E-state index is -1.22. The molecular formula is C22H28O7. The lowest BCUT2D eigenvalue weighted by Gasteiger charge is -2.22. The fraction of sp³-hybridized carbons (Fsp3) is 0.636. The fourth-order valence-corrected chi connectivity index (χ4v) is 4.54. The predicted octanol–water partition coefficient (Wildman–Crippen LogP) is 2.90. The van der Waals surface area contributed by atoms with Gasteiger partial charge in [-0.3, -0.25) is 0 Å². The molecule has 29 heavy (non-hydrogen) atoms. The van der Waals surface area contributed by atoms with Crippen molar-refractivity contribution < 1.29 is 33.8 Å². The fourth-order valence-electron chi connectivity index (χ4n) is 4.54. The van der Waals surface area contributed by atoms with Crippen molar-refractivity contribution in [1.82, 2.24) is 0 Å². The Morgan fingerprint density at radius 2 is 1.34 bits per heavy atom. The summed E-state index contributed by atoms with van der Waals surface area (Å²) in [6, 6.07) is 0. The molecule has 0 saturated heterocycles. The first kappa shape index (κ1) is 21.4. The zero-order chi connectivity index (χ0) is 21.1. The second-order valence-electron chi connectivity index (χ2n) is 8.09. The van der Waals surface area contributed by atoms with Gasteiger partial charge >= 0.3 is 23.9 Å². The molecule has 0 aromatic heterocycles. The third-order valence-corrected chi connectivity index (χ3v) is 6.11. The van der Waals surface area contributed by atoms with E-state index in [0.29, 0.717) is 24.0 Å². The third-order valence-electron chi connectivity index (χ3n) is 6.11. The van der Waals surface area contributed by atoms with Gasteiger partial charge in [-0.2, -0.15) is 0 Å². The minimum absolute atomic E-state index is 0.00131. The van der Waals surface area contributed by atoms with E-state index < -0.39 is 41.8 Å². The Hall–Kier alpha value is -2.28. The summed E-state index contributed by atoms with van der Waals surface area (Å²) < 4.78 is 9.72. The first-order valence-corrected chi connectivity index (χ1v) is 10.6. The molecule has 3 aliphatic rings. The molecular weight excluding hydrogens is 376 g/mol. The Balaban J connectivity index is 2.08. The molecule has 3 rings (SSSR count). The van der Waals surface area contributed by atoms with Crippen molar-refractivity contribution in [2.75, 3.05) is 0 Å². The van der Waals surface area contributed by atoms with Crippen LogP contribution in [0, 0.1) is 11.8 Å². The lowest BCUT2D eigenvalue weighted by molar-refractivity contribution is -0.153. The van der Waals surface area contributed by atoms with Crippen LogP contribution in [0.2, 0.25) is 0 Å². The van der Waals surface area contributed by atoms with Gasteiger partial charge in [0.25, 0.3) is 0 Å². The van der Waals surface area contributed by atoms with E-state index in [2.05, 4.69) is 6.92 Å². The minimum Gasteiger partial charge on any atom is -0.388 e. The van der Waals surface area contributed by atoms with Crippen molar-refractivity contribution in [2.24, 2.45) is 11.8 Å². The molecule has 2 aliphatic heterocycles. The van der Waals surface area contributed by atoms with E-state index in [4.69, 9.17) is 9.47 Å². The van der Waals surface area contributed by atoms with Crippen molar-refractivity contribution >= 4 is 23.9 Å². The van der Waals surface area contributed by atoms with Gasteiger partial charge in [-0.05, 0) is 37.5 Å². The number of carbonyl (C=O) groups excluding carboxylic acids is 4. The molecule has 2 heterocycles. The Morgan fingerprint density at radius 1 is 0.759 bits per heavy atom. The van der Waals surface area contributed by atoms with E-state index in [1.807, 2.05) is 6.92 Å². The maximum absolute atomic E-state index is 12.5. The van der Waals surface area contributed by atoms with Gasteiger partial charge in [-0.1, -0.05) is 46.0 Å². The highest BCUT2D eigenvalue weighted by atomic mass is 16.6. The number of cyclic esters (lactones) is 4. The SMILES string of the molecule is CCCCC[C@@H]1CC2=C(C(=O)OC2=O)[C@H](O)[C@H](CCCC)CC2=C1C(=O)OC2=O. The monoisotopic (exact) mass is 404 g/mol. The summed E-state index contributed by atoms with van der Waals surface area (Å²) in [6.45, 7) is 4.06. The highest BCUT2D eigenvalue weighted by molar-refractivity contribution is 6.15. The zero-order valence-corrected chi connectivity index (χ0v) is 17.0. The molecule has 158 valence electrons. The standard InChI is InChI=1S/C22H28O7/c1-3-5-7-9-12-10-15-17(22(27)29-20(15)25)18(23)13(8-6-4-2)11-14-16(12)21(26)28-19(14)24/h12-13,18,23H,3-11H2,1-2H3/t12-,13-,18-/m1/s1. The number of ether oxygens (including phenoxy) is 2. The van der Waals surface area contributed by atoms with Gasteiger partial charge in [-0.25, -0.2) is 19.2 Å². The van der Waals surface area contributed by atoms with Crippen LogP contribution in [0.25, 0.3) is 0 Å². The van der Waals surface area contributed by atoms with Crippen molar-refractivity contribution in [3.05, 3.63) is 22.3 Å². The predicted molar refractivity (Wildman–Crippen MR) is 102 cm³/mol. The van der Waals surface area contributed by atoms with Crippen molar-refractivity contribution in [3.8, 4) is 0 Å². The molecule has 0 bridgehead atoms. The van der Waals surface area contributed by atoms with Crippen molar-refractivity contribution in [1.29, 1.82) is 0 Å². The molecule has 3 atom stereocenters. The van der Waals surface area contributed by atoms with Crippen molar-refractivity contribution in [2.45, 2.75) is 77.7 Å². The number of hydrogen-bond acceptors (Lipinski definition) is 7. The number of aliphatic hydroxyl groups is 1. The van der Waals surface area contributed by atoms with Gasteiger partial charge in [0.2, 0.25) is 0 Å². The summed E-state index contributed by atoms with van der Waals surface area (Å²) >= 11 is 0. The summed E-state index contributed by atoms with van der Waals surface area (Å²) in [5.74, 6) is -3.82. The summed E-state index contributed by atoms with van der Waals surface area (Å²) in [5, 5.41) is 11.0. The first-order valence-electron chi connectivity index (χ1n) is 10.6. The lowest BCUT2D eigenvalue weighted by atomic mass is 9.83. The lowest BCUT2D eigenvalue weighted by Crippen LogP contribution is -2.27. The molecule has 0 radical (unpaired) electrons. The van der Waals surface area contributed by atoms with Crippen molar-refractivity contribution in [3.63, 3.8) is 0 Å². The summed E-state index contributed by atoms with van der Waals surface area (Å²) in [6.07, 6.45) is 4.53. The first-order chi connectivity index (χ1) is 13.9. The Morgan fingerprint density at radius 3 is 1.97 bits per heavy atom. The van der Waals surface area contributed by atoms with Gasteiger partial charge in [0.05, 0.1) is 22.8 Å². The van der Waals surface area contributed by atoms with Gasteiger partial charge in [0, 0.05) is 5.57 Å². The molecule has 0 unspecified atom stereocenters. The molecule has 0 amide bonds. The van der Waals surface area contributed by atoms with E-state index >= 15 is 0 Å². The van der Waals surface area contributed by atoms with Crippen LogP contribution in [-0.4, -0.2) is 35.1 Å². The van der Waals surface area contributed by atoms with E-state index in [9.17, 15) is 24.3 Å².